The fourth-order valence-corrected chi connectivity index (χ4v) is 4.04. The molecule has 0 aliphatic carbocycles. The number of methoxy groups -OCH3 is 1. The van der Waals surface area contributed by atoms with Gasteiger partial charge >= 0.3 is 5.97 Å². The first-order chi connectivity index (χ1) is 12.8. The maximum atomic E-state index is 11.9. The molecule has 144 valence electrons. The summed E-state index contributed by atoms with van der Waals surface area (Å²) in [5, 5.41) is 10.5. The van der Waals surface area contributed by atoms with Crippen molar-refractivity contribution in [2.75, 3.05) is 26.5 Å². The Morgan fingerprint density at radius 2 is 1.93 bits per heavy atom. The van der Waals surface area contributed by atoms with E-state index in [0.717, 1.165) is 23.9 Å². The van der Waals surface area contributed by atoms with Gasteiger partial charge in [-0.05, 0) is 41.3 Å². The number of aliphatic hydroxyl groups is 1. The van der Waals surface area contributed by atoms with E-state index in [9.17, 15) is 18.3 Å². The number of carbonyl (C=O) groups excluding carboxylic acids is 1. The Morgan fingerprint density at radius 1 is 1.22 bits per heavy atom. The number of esters is 1. The van der Waals surface area contributed by atoms with E-state index in [-0.39, 0.29) is 10.9 Å². The highest BCUT2D eigenvalue weighted by Crippen LogP contribution is 2.25. The lowest BCUT2D eigenvalue weighted by Crippen LogP contribution is -2.34. The van der Waals surface area contributed by atoms with Crippen LogP contribution in [0, 0.1) is 0 Å². The van der Waals surface area contributed by atoms with Gasteiger partial charge in [-0.25, -0.2) is 13.2 Å². The van der Waals surface area contributed by atoms with Gasteiger partial charge in [0, 0.05) is 25.9 Å². The Morgan fingerprint density at radius 3 is 2.56 bits per heavy atom. The van der Waals surface area contributed by atoms with Crippen molar-refractivity contribution in [1.82, 2.24) is 4.90 Å². The summed E-state index contributed by atoms with van der Waals surface area (Å²) in [6, 6.07) is 11.9. The molecular formula is C20H23NO5S. The van der Waals surface area contributed by atoms with E-state index in [2.05, 4.69) is 4.90 Å². The molecule has 0 spiro atoms. The van der Waals surface area contributed by atoms with Crippen LogP contribution in [-0.4, -0.2) is 50.8 Å². The lowest BCUT2D eigenvalue weighted by molar-refractivity contribution is 0.0597. The van der Waals surface area contributed by atoms with E-state index in [1.807, 2.05) is 12.1 Å². The van der Waals surface area contributed by atoms with Crippen LogP contribution in [0.1, 0.15) is 33.2 Å². The van der Waals surface area contributed by atoms with Crippen molar-refractivity contribution in [3.8, 4) is 0 Å². The molecule has 7 heteroatoms. The summed E-state index contributed by atoms with van der Waals surface area (Å²) in [5.41, 5.74) is 3.35. The van der Waals surface area contributed by atoms with Gasteiger partial charge in [0.15, 0.2) is 9.84 Å². The molecule has 6 nitrogen and oxygen atoms in total. The summed E-state index contributed by atoms with van der Waals surface area (Å²) in [5.74, 6) is -0.327. The number of carbonyl (C=O) groups is 1. The van der Waals surface area contributed by atoms with Gasteiger partial charge in [-0.15, -0.1) is 0 Å². The molecule has 0 amide bonds. The molecule has 27 heavy (non-hydrogen) atoms. The summed E-state index contributed by atoms with van der Waals surface area (Å²) in [6.07, 6.45) is 1.15. The van der Waals surface area contributed by atoms with Crippen LogP contribution in [0.15, 0.2) is 47.4 Å². The summed E-state index contributed by atoms with van der Waals surface area (Å²) >= 11 is 0. The molecule has 0 fully saturated rings. The van der Waals surface area contributed by atoms with Crippen LogP contribution in [0.3, 0.4) is 0 Å². The van der Waals surface area contributed by atoms with Crippen LogP contribution in [0.2, 0.25) is 0 Å². The highest BCUT2D eigenvalue weighted by atomic mass is 32.2. The number of aliphatic hydroxyl groups excluding tert-OH is 1. The standard InChI is InChI=1S/C20H23NO5S/c1-26-20(23)18-5-3-4-15-12-21(11-10-17(15)18)13-19(22)14-6-8-16(9-7-14)27(2,24)25/h3-9,19,22H,10-13H2,1-2H3. The van der Waals surface area contributed by atoms with Gasteiger partial charge in [0.25, 0.3) is 0 Å². The Balaban J connectivity index is 1.70. The van der Waals surface area contributed by atoms with Crippen molar-refractivity contribution in [2.24, 2.45) is 0 Å². The molecule has 1 aliphatic rings. The second kappa shape index (κ2) is 7.80. The number of nitrogens with zero attached hydrogens (tertiary/aromatic N) is 1. The van der Waals surface area contributed by atoms with E-state index in [1.54, 1.807) is 18.2 Å². The van der Waals surface area contributed by atoms with Crippen LogP contribution in [0.5, 0.6) is 0 Å². The van der Waals surface area contributed by atoms with Gasteiger partial charge in [0.1, 0.15) is 0 Å². The molecule has 3 rings (SSSR count). The SMILES string of the molecule is COC(=O)c1cccc2c1CCN(CC(O)c1ccc(S(C)(=O)=O)cc1)C2. The number of β-amino-alcohol motifs (C(OH)–C–C–N with tert-alkyl or cyclic N) is 1. The van der Waals surface area contributed by atoms with Crippen molar-refractivity contribution in [1.29, 1.82) is 0 Å². The molecule has 1 N–H and O–H groups in total. The number of hydrogen-bond donors (Lipinski definition) is 1. The smallest absolute Gasteiger partial charge is 0.338 e. The second-order valence-corrected chi connectivity index (χ2v) is 8.79. The average molecular weight is 389 g/mol. The van der Waals surface area contributed by atoms with Crippen molar-refractivity contribution < 1.29 is 23.1 Å². The maximum Gasteiger partial charge on any atom is 0.338 e. The summed E-state index contributed by atoms with van der Waals surface area (Å²) in [7, 11) is -1.87. The predicted octanol–water partition coefficient (Wildman–Crippen LogP) is 1.97. The number of hydrogen-bond acceptors (Lipinski definition) is 6. The Hall–Kier alpha value is -2.22. The molecule has 0 saturated carbocycles. The molecule has 2 aromatic rings. The van der Waals surface area contributed by atoms with Crippen LogP contribution < -0.4 is 0 Å². The zero-order valence-electron chi connectivity index (χ0n) is 15.4. The fourth-order valence-electron chi connectivity index (χ4n) is 3.41. The number of benzene rings is 2. The van der Waals surface area contributed by atoms with E-state index in [0.29, 0.717) is 30.6 Å². The first kappa shape index (κ1) is 19.5. The number of sulfone groups is 1. The minimum absolute atomic E-state index is 0.237. The minimum atomic E-state index is -3.25. The first-order valence-electron chi connectivity index (χ1n) is 8.69. The largest absolute Gasteiger partial charge is 0.465 e. The molecule has 1 atom stereocenters. The summed E-state index contributed by atoms with van der Waals surface area (Å²) in [6.45, 7) is 1.79. The van der Waals surface area contributed by atoms with Gasteiger partial charge in [-0.3, -0.25) is 4.90 Å². The minimum Gasteiger partial charge on any atom is -0.465 e. The highest BCUT2D eigenvalue weighted by Gasteiger charge is 2.23. The van der Waals surface area contributed by atoms with Crippen LogP contribution in [0.4, 0.5) is 0 Å². The molecule has 1 unspecified atom stereocenters. The third-order valence-corrected chi connectivity index (χ3v) is 6.00. The number of fused-ring (bicyclic) bond motifs is 1. The molecule has 0 aromatic heterocycles. The van der Waals surface area contributed by atoms with Crippen molar-refractivity contribution >= 4 is 15.8 Å². The topological polar surface area (TPSA) is 83.9 Å². The van der Waals surface area contributed by atoms with Gasteiger partial charge in [0.05, 0.1) is 23.7 Å². The van der Waals surface area contributed by atoms with Crippen LogP contribution in [-0.2, 0) is 27.5 Å². The quantitative estimate of drug-likeness (QED) is 0.787. The lowest BCUT2D eigenvalue weighted by Gasteiger charge is -2.31. The monoisotopic (exact) mass is 389 g/mol. The van der Waals surface area contributed by atoms with E-state index >= 15 is 0 Å². The lowest BCUT2D eigenvalue weighted by atomic mass is 9.94. The van der Waals surface area contributed by atoms with Gasteiger partial charge in [-0.2, -0.15) is 0 Å². The predicted molar refractivity (Wildman–Crippen MR) is 101 cm³/mol. The van der Waals surface area contributed by atoms with Gasteiger partial charge < -0.3 is 9.84 Å². The molecule has 0 saturated heterocycles. The van der Waals surface area contributed by atoms with E-state index < -0.39 is 15.9 Å². The zero-order chi connectivity index (χ0) is 19.6. The van der Waals surface area contributed by atoms with Crippen LogP contribution >= 0.6 is 0 Å². The van der Waals surface area contributed by atoms with Crippen molar-refractivity contribution in [3.05, 3.63) is 64.7 Å². The Kier molecular flexibility index (Phi) is 5.64. The summed E-state index contributed by atoms with van der Waals surface area (Å²) in [4.78, 5) is 14.3. The molecule has 0 bridgehead atoms. The van der Waals surface area contributed by atoms with Crippen molar-refractivity contribution in [3.63, 3.8) is 0 Å². The average Bonchev–Trinajstić information content (AvgIpc) is 2.66. The molecule has 2 aromatic carbocycles. The Labute approximate surface area is 159 Å². The number of ether oxygens (including phenoxy) is 1. The van der Waals surface area contributed by atoms with Gasteiger partial charge in [-0.1, -0.05) is 24.3 Å². The van der Waals surface area contributed by atoms with E-state index in [1.165, 1.54) is 19.2 Å². The van der Waals surface area contributed by atoms with E-state index in [4.69, 9.17) is 4.74 Å². The molecule has 1 aliphatic heterocycles. The third kappa shape index (κ3) is 4.37. The van der Waals surface area contributed by atoms with Crippen LogP contribution in [0.25, 0.3) is 0 Å². The van der Waals surface area contributed by atoms with Crippen molar-refractivity contribution in [2.45, 2.75) is 24.0 Å². The molecule has 0 radical (unpaired) electrons. The number of rotatable bonds is 5. The normalized spacial score (nSPS) is 15.8. The first-order valence-corrected chi connectivity index (χ1v) is 10.6. The second-order valence-electron chi connectivity index (χ2n) is 6.78. The fraction of sp³-hybridized carbons (Fsp3) is 0.350. The zero-order valence-corrected chi connectivity index (χ0v) is 16.2. The van der Waals surface area contributed by atoms with Gasteiger partial charge in [0.2, 0.25) is 0 Å². The molecule has 1 heterocycles. The Bertz CT molecular complexity index is 937. The highest BCUT2D eigenvalue weighted by molar-refractivity contribution is 7.90. The third-order valence-electron chi connectivity index (χ3n) is 4.87. The maximum absolute atomic E-state index is 11.9. The molecular weight excluding hydrogens is 366 g/mol. The summed E-state index contributed by atoms with van der Waals surface area (Å²) < 4.78 is 27.9.